The van der Waals surface area contributed by atoms with Crippen molar-refractivity contribution in [3.63, 3.8) is 0 Å². The number of carbonyl (C=O) groups excluding carboxylic acids is 4. The Hall–Kier alpha value is -4.93. The summed E-state index contributed by atoms with van der Waals surface area (Å²) < 4.78 is 25.3. The molecule has 0 bridgehead atoms. The van der Waals surface area contributed by atoms with Gasteiger partial charge in [0.15, 0.2) is 0 Å². The highest BCUT2D eigenvalue weighted by Gasteiger charge is 2.34. The second-order valence-corrected chi connectivity index (χ2v) is 12.6. The van der Waals surface area contributed by atoms with Gasteiger partial charge in [0.1, 0.15) is 36.0 Å². The van der Waals surface area contributed by atoms with E-state index in [9.17, 15) is 23.6 Å². The van der Waals surface area contributed by atoms with Crippen LogP contribution in [0.4, 0.5) is 4.39 Å². The van der Waals surface area contributed by atoms with Crippen LogP contribution < -0.4 is 20.1 Å². The molecular weight excluding hydrogens is 627 g/mol. The summed E-state index contributed by atoms with van der Waals surface area (Å²) >= 11 is 0. The largest absolute Gasteiger partial charge is 0.493 e. The number of nitrogens with zero attached hydrogens (tertiary/aromatic N) is 2. The van der Waals surface area contributed by atoms with Crippen molar-refractivity contribution >= 4 is 23.6 Å². The smallest absolute Gasteiger partial charge is 0.255 e. The first kappa shape index (κ1) is 35.4. The van der Waals surface area contributed by atoms with E-state index in [0.29, 0.717) is 44.2 Å². The van der Waals surface area contributed by atoms with Gasteiger partial charge in [0.05, 0.1) is 25.1 Å². The highest BCUT2D eigenvalue weighted by Crippen LogP contribution is 2.22. The van der Waals surface area contributed by atoms with E-state index in [2.05, 4.69) is 10.6 Å². The molecule has 4 amide bonds. The summed E-state index contributed by atoms with van der Waals surface area (Å²) in [6.07, 6.45) is 3.11. The van der Waals surface area contributed by atoms with Crippen molar-refractivity contribution in [3.05, 3.63) is 95.8 Å². The summed E-state index contributed by atoms with van der Waals surface area (Å²) in [6.45, 7) is 4.11. The molecule has 5 rings (SSSR count). The minimum absolute atomic E-state index is 0.00175. The second kappa shape index (κ2) is 17.5. The van der Waals surface area contributed by atoms with Crippen LogP contribution in [0, 0.1) is 11.7 Å². The summed E-state index contributed by atoms with van der Waals surface area (Å²) in [6, 6.07) is 19.9. The first-order valence-corrected chi connectivity index (χ1v) is 17.1. The van der Waals surface area contributed by atoms with E-state index in [1.165, 1.54) is 12.1 Å². The minimum Gasteiger partial charge on any atom is -0.493 e. The zero-order valence-electron chi connectivity index (χ0n) is 27.9. The van der Waals surface area contributed by atoms with Gasteiger partial charge < -0.3 is 29.9 Å². The fraction of sp³-hybridized carbons (Fsp3) is 0.421. The SMILES string of the molecule is CCCCN1CCOc2ccccc2C(=O)N[C@H](C(=O)N2CCCC(COc3ccc(F)cc3)C2)CC(=O)N[C@@H](Cc2ccccc2)C1=O. The number of unbranched alkanes of at least 4 members (excludes halogenated alkanes) is 1. The number of benzene rings is 3. The van der Waals surface area contributed by atoms with Gasteiger partial charge in [0, 0.05) is 32.0 Å². The zero-order chi connectivity index (χ0) is 34.6. The molecule has 1 unspecified atom stereocenters. The summed E-state index contributed by atoms with van der Waals surface area (Å²) in [4.78, 5) is 58.9. The predicted molar refractivity (Wildman–Crippen MR) is 183 cm³/mol. The number of fused-ring (bicyclic) bond motifs is 1. The lowest BCUT2D eigenvalue weighted by molar-refractivity contribution is -0.139. The van der Waals surface area contributed by atoms with Crippen molar-refractivity contribution in [2.45, 2.75) is 57.5 Å². The number of carbonyl (C=O) groups is 4. The van der Waals surface area contributed by atoms with Crippen LogP contribution in [0.1, 0.15) is 54.9 Å². The van der Waals surface area contributed by atoms with Crippen LogP contribution >= 0.6 is 0 Å². The Bertz CT molecular complexity index is 1570. The molecule has 3 atom stereocenters. The third-order valence-corrected chi connectivity index (χ3v) is 8.88. The number of rotatable bonds is 9. The van der Waals surface area contributed by atoms with Crippen molar-refractivity contribution in [2.24, 2.45) is 5.92 Å². The van der Waals surface area contributed by atoms with Crippen LogP contribution in [-0.2, 0) is 20.8 Å². The molecule has 0 aromatic heterocycles. The lowest BCUT2D eigenvalue weighted by Gasteiger charge is -2.35. The normalized spacial score (nSPS) is 20.7. The van der Waals surface area contributed by atoms with E-state index < -0.39 is 29.8 Å². The number of para-hydroxylation sites is 1. The van der Waals surface area contributed by atoms with Crippen LogP contribution in [-0.4, -0.2) is 84.9 Å². The third-order valence-electron chi connectivity index (χ3n) is 8.88. The Morgan fingerprint density at radius 1 is 0.959 bits per heavy atom. The number of hydrogen-bond acceptors (Lipinski definition) is 6. The van der Waals surface area contributed by atoms with Gasteiger partial charge in [-0.25, -0.2) is 4.39 Å². The topological polar surface area (TPSA) is 117 Å². The van der Waals surface area contributed by atoms with Gasteiger partial charge in [-0.3, -0.25) is 19.2 Å². The van der Waals surface area contributed by atoms with Crippen LogP contribution in [0.5, 0.6) is 11.5 Å². The predicted octanol–water partition coefficient (Wildman–Crippen LogP) is 4.38. The Kier molecular flexibility index (Phi) is 12.6. The molecule has 0 aliphatic carbocycles. The highest BCUT2D eigenvalue weighted by atomic mass is 19.1. The molecular formula is C38H45FN4O6. The van der Waals surface area contributed by atoms with Crippen molar-refractivity contribution in [2.75, 3.05) is 39.4 Å². The average molecular weight is 673 g/mol. The van der Waals surface area contributed by atoms with Gasteiger partial charge in [0.2, 0.25) is 17.7 Å². The Labute approximate surface area is 286 Å². The molecule has 260 valence electrons. The van der Waals surface area contributed by atoms with Crippen molar-refractivity contribution in [3.8, 4) is 11.5 Å². The number of nitrogens with one attached hydrogen (secondary N) is 2. The lowest BCUT2D eigenvalue weighted by atomic mass is 9.97. The first-order valence-electron chi connectivity index (χ1n) is 17.1. The standard InChI is InChI=1S/C38H45FN4O6/c1-2-3-19-42-21-22-48-34-14-8-7-13-31(34)36(45)41-33(24-35(44)40-32(37(42)46)23-27-10-5-4-6-11-27)38(47)43-20-9-12-28(25-43)26-49-30-17-15-29(39)16-18-30/h4-8,10-11,13-18,28,32-33H,2-3,9,12,19-26H2,1H3,(H,40,44)(H,41,45)/t28?,32-,33-/m0/s1. The number of halogens is 1. The Morgan fingerprint density at radius 2 is 1.71 bits per heavy atom. The number of piperidine rings is 1. The van der Waals surface area contributed by atoms with Crippen LogP contribution in [0.3, 0.4) is 0 Å². The van der Waals surface area contributed by atoms with E-state index in [0.717, 1.165) is 24.8 Å². The van der Waals surface area contributed by atoms with E-state index in [1.807, 2.05) is 37.3 Å². The quantitative estimate of drug-likeness (QED) is 0.349. The maximum Gasteiger partial charge on any atom is 0.255 e. The molecule has 0 radical (unpaired) electrons. The van der Waals surface area contributed by atoms with E-state index in [-0.39, 0.29) is 49.2 Å². The summed E-state index contributed by atoms with van der Waals surface area (Å²) in [5.74, 6) is -1.16. The lowest BCUT2D eigenvalue weighted by Crippen LogP contribution is -2.55. The number of likely N-dealkylation sites (tertiary alicyclic amines) is 1. The molecule has 2 aliphatic heterocycles. The molecule has 1 saturated heterocycles. The van der Waals surface area contributed by atoms with Gasteiger partial charge in [-0.1, -0.05) is 55.8 Å². The van der Waals surface area contributed by atoms with Gasteiger partial charge in [-0.15, -0.1) is 0 Å². The molecule has 49 heavy (non-hydrogen) atoms. The molecule has 3 aromatic rings. The molecule has 2 N–H and O–H groups in total. The number of hydrogen-bond donors (Lipinski definition) is 2. The van der Waals surface area contributed by atoms with Gasteiger partial charge >= 0.3 is 0 Å². The second-order valence-electron chi connectivity index (χ2n) is 12.6. The minimum atomic E-state index is -1.19. The van der Waals surface area contributed by atoms with Crippen LogP contribution in [0.15, 0.2) is 78.9 Å². The van der Waals surface area contributed by atoms with E-state index in [4.69, 9.17) is 9.47 Å². The number of ether oxygens (including phenoxy) is 2. The molecule has 2 aliphatic rings. The Morgan fingerprint density at radius 3 is 2.49 bits per heavy atom. The van der Waals surface area contributed by atoms with E-state index >= 15 is 0 Å². The van der Waals surface area contributed by atoms with Crippen molar-refractivity contribution < 1.29 is 33.0 Å². The monoisotopic (exact) mass is 672 g/mol. The summed E-state index contributed by atoms with van der Waals surface area (Å²) in [7, 11) is 0. The van der Waals surface area contributed by atoms with Gasteiger partial charge in [-0.2, -0.15) is 0 Å². The molecule has 1 fully saturated rings. The summed E-state index contributed by atoms with van der Waals surface area (Å²) in [5, 5.41) is 5.72. The molecule has 3 aromatic carbocycles. The molecule has 0 saturated carbocycles. The van der Waals surface area contributed by atoms with Crippen molar-refractivity contribution in [1.29, 1.82) is 0 Å². The Balaban J connectivity index is 1.38. The average Bonchev–Trinajstić information content (AvgIpc) is 3.12. The van der Waals surface area contributed by atoms with Gasteiger partial charge in [-0.05, 0) is 61.2 Å². The highest BCUT2D eigenvalue weighted by molar-refractivity contribution is 6.01. The van der Waals surface area contributed by atoms with Gasteiger partial charge in [0.25, 0.3) is 5.91 Å². The molecule has 11 heteroatoms. The van der Waals surface area contributed by atoms with Crippen LogP contribution in [0.2, 0.25) is 0 Å². The molecule has 0 spiro atoms. The fourth-order valence-corrected chi connectivity index (χ4v) is 6.24. The first-order chi connectivity index (χ1) is 23.8. The maximum absolute atomic E-state index is 14.1. The molecule has 10 nitrogen and oxygen atoms in total. The molecule has 2 heterocycles. The van der Waals surface area contributed by atoms with Crippen molar-refractivity contribution in [1.82, 2.24) is 20.4 Å². The fourth-order valence-electron chi connectivity index (χ4n) is 6.24. The number of amides is 4. The maximum atomic E-state index is 14.1. The van der Waals surface area contributed by atoms with E-state index in [1.54, 1.807) is 46.2 Å². The van der Waals surface area contributed by atoms with Crippen LogP contribution in [0.25, 0.3) is 0 Å². The third kappa shape index (κ3) is 10.0. The zero-order valence-corrected chi connectivity index (χ0v) is 27.9. The summed E-state index contributed by atoms with van der Waals surface area (Å²) in [5.41, 5.74) is 1.11.